The van der Waals surface area contributed by atoms with Crippen LogP contribution in [0.15, 0.2) is 42.5 Å². The number of hydrogen-bond acceptors (Lipinski definition) is 7. The zero-order chi connectivity index (χ0) is 22.3. The van der Waals surface area contributed by atoms with E-state index in [4.69, 9.17) is 4.74 Å². The molecule has 0 aliphatic rings. The van der Waals surface area contributed by atoms with E-state index in [-0.39, 0.29) is 34.5 Å². The highest BCUT2D eigenvalue weighted by Crippen LogP contribution is 2.28. The molecule has 0 unspecified atom stereocenters. The van der Waals surface area contributed by atoms with Crippen LogP contribution in [0.1, 0.15) is 34.6 Å². The van der Waals surface area contributed by atoms with Crippen molar-refractivity contribution in [3.8, 4) is 5.75 Å². The Bertz CT molecular complexity index is 973. The zero-order valence-electron chi connectivity index (χ0n) is 16.6. The molecule has 2 rings (SSSR count). The number of hydrogen-bond donors (Lipinski definition) is 2. The van der Waals surface area contributed by atoms with Crippen LogP contribution >= 0.6 is 0 Å². The van der Waals surface area contributed by atoms with Crippen LogP contribution in [0.5, 0.6) is 5.75 Å². The average molecular weight is 415 g/mol. The number of benzene rings is 2. The Hall–Kier alpha value is -3.95. The van der Waals surface area contributed by atoms with Gasteiger partial charge in [-0.3, -0.25) is 19.7 Å². The van der Waals surface area contributed by atoms with E-state index in [9.17, 15) is 24.5 Å². The van der Waals surface area contributed by atoms with Crippen molar-refractivity contribution in [3.05, 3.63) is 63.7 Å². The fourth-order valence-corrected chi connectivity index (χ4v) is 2.49. The van der Waals surface area contributed by atoms with E-state index >= 15 is 0 Å². The molecule has 2 amide bonds. The third kappa shape index (κ3) is 5.77. The van der Waals surface area contributed by atoms with Gasteiger partial charge in [0.05, 0.1) is 28.8 Å². The van der Waals surface area contributed by atoms with Crippen molar-refractivity contribution in [1.82, 2.24) is 5.32 Å². The molecule has 0 heterocycles. The zero-order valence-corrected chi connectivity index (χ0v) is 16.6. The number of anilines is 1. The van der Waals surface area contributed by atoms with E-state index in [1.807, 2.05) is 13.8 Å². The molecule has 0 aliphatic heterocycles. The number of nitro groups is 1. The minimum atomic E-state index is -0.737. The van der Waals surface area contributed by atoms with E-state index in [0.29, 0.717) is 0 Å². The Balaban J connectivity index is 2.11. The summed E-state index contributed by atoms with van der Waals surface area (Å²) in [5.74, 6) is -1.89. The number of carbonyl (C=O) groups excluding carboxylic acids is 3. The van der Waals surface area contributed by atoms with Crippen LogP contribution in [0.2, 0.25) is 0 Å². The van der Waals surface area contributed by atoms with Gasteiger partial charge in [-0.2, -0.15) is 0 Å². The molecule has 2 N–H and O–H groups in total. The highest BCUT2D eigenvalue weighted by molar-refractivity contribution is 6.04. The summed E-state index contributed by atoms with van der Waals surface area (Å²) < 4.78 is 9.79. The highest BCUT2D eigenvalue weighted by atomic mass is 16.6. The molecule has 0 aromatic heterocycles. The summed E-state index contributed by atoms with van der Waals surface area (Å²) in [5, 5.41) is 16.5. The Morgan fingerprint density at radius 2 is 1.83 bits per heavy atom. The van der Waals surface area contributed by atoms with Crippen molar-refractivity contribution in [2.75, 3.05) is 19.0 Å². The largest absolute Gasteiger partial charge is 0.477 e. The first-order chi connectivity index (χ1) is 14.2. The van der Waals surface area contributed by atoms with Crippen LogP contribution < -0.4 is 15.4 Å². The molecule has 0 saturated carbocycles. The monoisotopic (exact) mass is 415 g/mol. The maximum absolute atomic E-state index is 12.3. The second-order valence-electron chi connectivity index (χ2n) is 6.44. The standard InChI is InChI=1S/C20H21N3O7/c1-12(2)21-19(25)14-6-4-5-7-15(14)22-18(24)11-30-17-9-8-13(20(26)29-3)10-16(17)23(27)28/h4-10,12H,11H2,1-3H3,(H,21,25)(H,22,24). The SMILES string of the molecule is COC(=O)c1ccc(OCC(=O)Nc2ccccc2C(=O)NC(C)C)c([N+](=O)[O-])c1. The van der Waals surface area contributed by atoms with Crippen molar-refractivity contribution >= 4 is 29.2 Å². The van der Waals surface area contributed by atoms with Gasteiger partial charge >= 0.3 is 11.7 Å². The summed E-state index contributed by atoms with van der Waals surface area (Å²) in [4.78, 5) is 46.6. The van der Waals surface area contributed by atoms with E-state index in [2.05, 4.69) is 15.4 Å². The van der Waals surface area contributed by atoms with Gasteiger partial charge in [-0.15, -0.1) is 0 Å². The maximum atomic E-state index is 12.3. The molecule has 0 spiro atoms. The van der Waals surface area contributed by atoms with Crippen molar-refractivity contribution < 1.29 is 28.8 Å². The quantitative estimate of drug-likeness (QED) is 0.384. The van der Waals surface area contributed by atoms with Crippen LogP contribution in [0.25, 0.3) is 0 Å². The normalized spacial score (nSPS) is 10.3. The molecule has 0 saturated heterocycles. The summed E-state index contributed by atoms with van der Waals surface area (Å²) in [5.41, 5.74) is 0.0428. The lowest BCUT2D eigenvalue weighted by molar-refractivity contribution is -0.385. The van der Waals surface area contributed by atoms with Crippen molar-refractivity contribution in [3.63, 3.8) is 0 Å². The van der Waals surface area contributed by atoms with Crippen LogP contribution in [0.3, 0.4) is 0 Å². The fraction of sp³-hybridized carbons (Fsp3) is 0.250. The van der Waals surface area contributed by atoms with Crippen molar-refractivity contribution in [1.29, 1.82) is 0 Å². The summed E-state index contributed by atoms with van der Waals surface area (Å²) >= 11 is 0. The van der Waals surface area contributed by atoms with Gasteiger partial charge in [0, 0.05) is 12.1 Å². The third-order valence-electron chi connectivity index (χ3n) is 3.80. The van der Waals surface area contributed by atoms with Gasteiger partial charge in [0.2, 0.25) is 0 Å². The van der Waals surface area contributed by atoms with E-state index in [0.717, 1.165) is 13.2 Å². The third-order valence-corrected chi connectivity index (χ3v) is 3.80. The molecular formula is C20H21N3O7. The average Bonchev–Trinajstić information content (AvgIpc) is 2.71. The number of nitrogens with one attached hydrogen (secondary N) is 2. The first-order valence-corrected chi connectivity index (χ1v) is 8.92. The van der Waals surface area contributed by atoms with E-state index in [1.165, 1.54) is 12.1 Å². The number of amides is 2. The molecule has 0 bridgehead atoms. The summed E-state index contributed by atoms with van der Waals surface area (Å²) in [6.07, 6.45) is 0. The Labute approximate surface area is 172 Å². The van der Waals surface area contributed by atoms with E-state index in [1.54, 1.807) is 24.3 Å². The lowest BCUT2D eigenvalue weighted by Gasteiger charge is -2.13. The number of para-hydroxylation sites is 1. The van der Waals surface area contributed by atoms with Gasteiger partial charge in [-0.05, 0) is 38.1 Å². The molecule has 0 atom stereocenters. The molecule has 0 radical (unpaired) electrons. The van der Waals surface area contributed by atoms with Gasteiger partial charge < -0.3 is 20.1 Å². The van der Waals surface area contributed by atoms with Gasteiger partial charge in [-0.1, -0.05) is 12.1 Å². The van der Waals surface area contributed by atoms with Crippen molar-refractivity contribution in [2.24, 2.45) is 0 Å². The molecule has 10 nitrogen and oxygen atoms in total. The summed E-state index contributed by atoms with van der Waals surface area (Å²) in [7, 11) is 1.15. The van der Waals surface area contributed by atoms with Crippen LogP contribution in [-0.4, -0.2) is 42.5 Å². The smallest absolute Gasteiger partial charge is 0.338 e. The molecule has 30 heavy (non-hydrogen) atoms. The molecule has 0 aliphatic carbocycles. The van der Waals surface area contributed by atoms with Gasteiger partial charge in [0.15, 0.2) is 12.4 Å². The summed E-state index contributed by atoms with van der Waals surface area (Å²) in [6.45, 7) is 3.08. The molecule has 158 valence electrons. The summed E-state index contributed by atoms with van der Waals surface area (Å²) in [6, 6.07) is 9.85. The van der Waals surface area contributed by atoms with Crippen LogP contribution in [0, 0.1) is 10.1 Å². The Morgan fingerprint density at radius 1 is 1.13 bits per heavy atom. The fourth-order valence-electron chi connectivity index (χ4n) is 2.49. The Morgan fingerprint density at radius 3 is 2.47 bits per heavy atom. The van der Waals surface area contributed by atoms with E-state index < -0.39 is 29.1 Å². The van der Waals surface area contributed by atoms with Crippen molar-refractivity contribution in [2.45, 2.75) is 19.9 Å². The lowest BCUT2D eigenvalue weighted by atomic mass is 10.1. The molecule has 0 fully saturated rings. The van der Waals surface area contributed by atoms with Gasteiger partial charge in [0.1, 0.15) is 0 Å². The second-order valence-corrected chi connectivity index (χ2v) is 6.44. The molecule has 2 aromatic carbocycles. The number of nitrogens with zero attached hydrogens (tertiary/aromatic N) is 1. The topological polar surface area (TPSA) is 137 Å². The molecule has 10 heteroatoms. The first-order valence-electron chi connectivity index (χ1n) is 8.92. The number of rotatable bonds is 8. The first kappa shape index (κ1) is 22.3. The highest BCUT2D eigenvalue weighted by Gasteiger charge is 2.20. The number of carbonyl (C=O) groups is 3. The number of methoxy groups -OCH3 is 1. The van der Waals surface area contributed by atoms with Gasteiger partial charge in [-0.25, -0.2) is 4.79 Å². The minimum absolute atomic E-state index is 0.0221. The number of nitro benzene ring substituents is 1. The van der Waals surface area contributed by atoms with Crippen LogP contribution in [0.4, 0.5) is 11.4 Å². The van der Waals surface area contributed by atoms with Gasteiger partial charge in [0.25, 0.3) is 11.8 Å². The maximum Gasteiger partial charge on any atom is 0.338 e. The predicted octanol–water partition coefficient (Wildman–Crippen LogP) is 2.54. The second kappa shape index (κ2) is 10.0. The minimum Gasteiger partial charge on any atom is -0.477 e. The lowest BCUT2D eigenvalue weighted by Crippen LogP contribution is -2.31. The molecular weight excluding hydrogens is 394 g/mol. The predicted molar refractivity (Wildman–Crippen MR) is 108 cm³/mol. The number of ether oxygens (including phenoxy) is 2. The Kier molecular flexibility index (Phi) is 7.45. The number of esters is 1. The van der Waals surface area contributed by atoms with Crippen LogP contribution in [-0.2, 0) is 9.53 Å². The molecule has 2 aromatic rings.